The van der Waals surface area contributed by atoms with Gasteiger partial charge in [0.15, 0.2) is 17.3 Å². The summed E-state index contributed by atoms with van der Waals surface area (Å²) in [5, 5.41) is 17.6. The number of carboxylic acid groups (broad SMARTS) is 1. The van der Waals surface area contributed by atoms with Crippen LogP contribution < -0.4 is 0 Å². The normalized spacial score (nSPS) is 13.7. The first-order valence-electron chi connectivity index (χ1n) is 7.77. The van der Waals surface area contributed by atoms with Crippen molar-refractivity contribution in [3.8, 4) is 22.9 Å². The van der Waals surface area contributed by atoms with Crippen LogP contribution in [0.5, 0.6) is 0 Å². The first-order valence-corrected chi connectivity index (χ1v) is 7.77. The monoisotopic (exact) mass is 325 g/mol. The Labute approximate surface area is 137 Å². The Balaban J connectivity index is 1.83. The third-order valence-electron chi connectivity index (χ3n) is 4.06. The highest BCUT2D eigenvalue weighted by molar-refractivity contribution is 5.69. The van der Waals surface area contributed by atoms with Crippen molar-refractivity contribution < 1.29 is 14.4 Å². The molecule has 3 heterocycles. The summed E-state index contributed by atoms with van der Waals surface area (Å²) in [5.41, 5.74) is 2.38. The van der Waals surface area contributed by atoms with Gasteiger partial charge in [-0.05, 0) is 31.4 Å². The summed E-state index contributed by atoms with van der Waals surface area (Å²) in [6, 6.07) is 3.56. The molecule has 0 aromatic carbocycles. The van der Waals surface area contributed by atoms with Crippen molar-refractivity contribution in [2.75, 3.05) is 0 Å². The number of aryl methyl sites for hydroxylation is 1. The van der Waals surface area contributed by atoms with Gasteiger partial charge in [-0.3, -0.25) is 9.78 Å². The number of nitrogens with zero attached hydrogens (tertiary/aromatic N) is 5. The van der Waals surface area contributed by atoms with E-state index in [1.165, 1.54) is 4.68 Å². The zero-order chi connectivity index (χ0) is 16.5. The molecule has 0 aliphatic heterocycles. The number of fused-ring (bicyclic) bond motifs is 1. The molecule has 0 fully saturated rings. The van der Waals surface area contributed by atoms with E-state index in [0.717, 1.165) is 42.6 Å². The first-order chi connectivity index (χ1) is 11.7. The van der Waals surface area contributed by atoms with Gasteiger partial charge in [0.2, 0.25) is 0 Å². The summed E-state index contributed by atoms with van der Waals surface area (Å²) in [4.78, 5) is 19.7. The van der Waals surface area contributed by atoms with Gasteiger partial charge in [0.05, 0.1) is 0 Å². The summed E-state index contributed by atoms with van der Waals surface area (Å²) in [7, 11) is 0. The van der Waals surface area contributed by atoms with Gasteiger partial charge < -0.3 is 9.63 Å². The van der Waals surface area contributed by atoms with Gasteiger partial charge in [0.1, 0.15) is 12.3 Å². The van der Waals surface area contributed by atoms with E-state index in [1.54, 1.807) is 24.5 Å². The summed E-state index contributed by atoms with van der Waals surface area (Å²) >= 11 is 0. The van der Waals surface area contributed by atoms with Crippen molar-refractivity contribution in [3.05, 3.63) is 35.9 Å². The van der Waals surface area contributed by atoms with Crippen molar-refractivity contribution in [1.82, 2.24) is 24.9 Å². The number of carbonyl (C=O) groups is 1. The topological polar surface area (TPSA) is 107 Å². The maximum absolute atomic E-state index is 11.2. The predicted molar refractivity (Wildman–Crippen MR) is 83.0 cm³/mol. The van der Waals surface area contributed by atoms with E-state index >= 15 is 0 Å². The van der Waals surface area contributed by atoms with Gasteiger partial charge >= 0.3 is 5.97 Å². The largest absolute Gasteiger partial charge is 0.480 e. The van der Waals surface area contributed by atoms with E-state index in [4.69, 9.17) is 9.63 Å². The molecule has 24 heavy (non-hydrogen) atoms. The number of pyridine rings is 1. The fourth-order valence-corrected chi connectivity index (χ4v) is 2.94. The fourth-order valence-electron chi connectivity index (χ4n) is 2.94. The maximum Gasteiger partial charge on any atom is 0.325 e. The molecule has 1 aliphatic rings. The van der Waals surface area contributed by atoms with E-state index in [-0.39, 0.29) is 6.54 Å². The van der Waals surface area contributed by atoms with Crippen LogP contribution in [-0.4, -0.2) is 36.0 Å². The van der Waals surface area contributed by atoms with Crippen LogP contribution in [0, 0.1) is 0 Å². The molecule has 0 saturated carbocycles. The molecule has 8 heteroatoms. The molecule has 0 radical (unpaired) electrons. The Hall–Kier alpha value is -3.03. The second-order valence-corrected chi connectivity index (χ2v) is 5.69. The lowest BCUT2D eigenvalue weighted by atomic mass is 9.96. The predicted octanol–water partition coefficient (Wildman–Crippen LogP) is 1.96. The van der Waals surface area contributed by atoms with Gasteiger partial charge in [-0.15, -0.1) is 5.10 Å². The average molecular weight is 325 g/mol. The highest BCUT2D eigenvalue weighted by atomic mass is 16.5. The van der Waals surface area contributed by atoms with Gasteiger partial charge in [-0.1, -0.05) is 5.16 Å². The quantitative estimate of drug-likeness (QED) is 0.781. The molecule has 0 spiro atoms. The number of hydrogen-bond donors (Lipinski definition) is 1. The molecule has 0 bridgehead atoms. The van der Waals surface area contributed by atoms with Gasteiger partial charge in [-0.2, -0.15) is 0 Å². The third kappa shape index (κ3) is 2.55. The lowest BCUT2D eigenvalue weighted by molar-refractivity contribution is -0.137. The summed E-state index contributed by atoms with van der Waals surface area (Å²) in [5.74, 6) is 0.753. The Kier molecular flexibility index (Phi) is 3.56. The lowest BCUT2D eigenvalue weighted by Crippen LogP contribution is -2.12. The molecule has 0 atom stereocenters. The smallest absolute Gasteiger partial charge is 0.325 e. The minimum atomic E-state index is -0.986. The summed E-state index contributed by atoms with van der Waals surface area (Å²) in [6.45, 7) is -0.283. The van der Waals surface area contributed by atoms with E-state index in [2.05, 4.69) is 20.2 Å². The number of hydrogen-bond acceptors (Lipinski definition) is 6. The molecule has 0 amide bonds. The third-order valence-corrected chi connectivity index (χ3v) is 4.06. The van der Waals surface area contributed by atoms with E-state index in [9.17, 15) is 4.79 Å². The van der Waals surface area contributed by atoms with Crippen LogP contribution in [0.15, 0.2) is 29.0 Å². The van der Waals surface area contributed by atoms with Crippen LogP contribution in [0.4, 0.5) is 0 Å². The maximum atomic E-state index is 11.2. The van der Waals surface area contributed by atoms with Crippen LogP contribution in [-0.2, 0) is 24.2 Å². The summed E-state index contributed by atoms with van der Waals surface area (Å²) in [6.07, 6.45) is 7.14. The van der Waals surface area contributed by atoms with E-state index < -0.39 is 5.97 Å². The SMILES string of the molecule is O=C(O)Cn1nc(-c2ccncc2)nc1-c1noc2c1CCCC2. The van der Waals surface area contributed by atoms with Gasteiger partial charge in [0.25, 0.3) is 0 Å². The zero-order valence-electron chi connectivity index (χ0n) is 12.8. The summed E-state index contributed by atoms with van der Waals surface area (Å²) < 4.78 is 6.79. The fraction of sp³-hybridized carbons (Fsp3) is 0.312. The second kappa shape index (κ2) is 5.88. The van der Waals surface area contributed by atoms with Crippen LogP contribution >= 0.6 is 0 Å². The van der Waals surface area contributed by atoms with Crippen molar-refractivity contribution in [1.29, 1.82) is 0 Å². The Morgan fingerprint density at radius 1 is 1.25 bits per heavy atom. The molecule has 122 valence electrons. The molecule has 4 rings (SSSR count). The lowest BCUT2D eigenvalue weighted by Gasteiger charge is -2.08. The molecule has 1 N–H and O–H groups in total. The van der Waals surface area contributed by atoms with Crippen molar-refractivity contribution >= 4 is 5.97 Å². The van der Waals surface area contributed by atoms with Crippen molar-refractivity contribution in [3.63, 3.8) is 0 Å². The zero-order valence-corrected chi connectivity index (χ0v) is 12.8. The van der Waals surface area contributed by atoms with Crippen LogP contribution in [0.25, 0.3) is 22.9 Å². The van der Waals surface area contributed by atoms with Crippen molar-refractivity contribution in [2.24, 2.45) is 0 Å². The Morgan fingerprint density at radius 3 is 2.83 bits per heavy atom. The molecular weight excluding hydrogens is 310 g/mol. The number of aromatic nitrogens is 5. The first kappa shape index (κ1) is 14.6. The average Bonchev–Trinajstić information content (AvgIpc) is 3.19. The van der Waals surface area contributed by atoms with E-state index in [0.29, 0.717) is 17.3 Å². The Morgan fingerprint density at radius 2 is 2.04 bits per heavy atom. The minimum absolute atomic E-state index is 0.283. The highest BCUT2D eigenvalue weighted by Gasteiger charge is 2.25. The molecule has 0 unspecified atom stereocenters. The molecule has 3 aromatic heterocycles. The van der Waals surface area contributed by atoms with Gasteiger partial charge in [0, 0.05) is 29.9 Å². The molecular formula is C16H15N5O3. The van der Waals surface area contributed by atoms with Crippen LogP contribution in [0.1, 0.15) is 24.2 Å². The molecule has 8 nitrogen and oxygen atoms in total. The second-order valence-electron chi connectivity index (χ2n) is 5.69. The number of aliphatic carboxylic acids is 1. The van der Waals surface area contributed by atoms with Gasteiger partial charge in [-0.25, -0.2) is 9.67 Å². The van der Waals surface area contributed by atoms with Crippen molar-refractivity contribution in [2.45, 2.75) is 32.2 Å². The van der Waals surface area contributed by atoms with E-state index in [1.807, 2.05) is 0 Å². The molecule has 3 aromatic rings. The highest BCUT2D eigenvalue weighted by Crippen LogP contribution is 2.31. The molecule has 1 aliphatic carbocycles. The number of carboxylic acids is 1. The number of rotatable bonds is 4. The molecule has 0 saturated heterocycles. The standard InChI is InChI=1S/C16H15N5O3/c22-13(23)9-21-16(14-11-3-1-2-4-12(11)24-20-14)18-15(19-21)10-5-7-17-8-6-10/h5-8H,1-4,9H2,(H,22,23). The Bertz CT molecular complexity index is 885. The van der Waals surface area contributed by atoms with Crippen LogP contribution in [0.2, 0.25) is 0 Å². The minimum Gasteiger partial charge on any atom is -0.480 e. The van der Waals surface area contributed by atoms with Crippen LogP contribution in [0.3, 0.4) is 0 Å².